The summed E-state index contributed by atoms with van der Waals surface area (Å²) in [5, 5.41) is 18.1. The molecule has 1 aromatic rings. The third-order valence-electron chi connectivity index (χ3n) is 3.69. The van der Waals surface area contributed by atoms with Crippen LogP contribution < -0.4 is 4.74 Å². The van der Waals surface area contributed by atoms with Crippen molar-refractivity contribution in [1.82, 2.24) is 4.90 Å². The van der Waals surface area contributed by atoms with Gasteiger partial charge in [-0.3, -0.25) is 4.90 Å². The summed E-state index contributed by atoms with van der Waals surface area (Å²) in [5.41, 5.74) is -0.0848. The third-order valence-corrected chi connectivity index (χ3v) is 3.69. The van der Waals surface area contributed by atoms with Gasteiger partial charge in [0.2, 0.25) is 0 Å². The van der Waals surface area contributed by atoms with E-state index in [1.54, 1.807) is 25.3 Å². The van der Waals surface area contributed by atoms with E-state index in [1.807, 2.05) is 4.90 Å². The first-order valence-corrected chi connectivity index (χ1v) is 6.69. The van der Waals surface area contributed by atoms with Crippen molar-refractivity contribution in [2.75, 3.05) is 26.8 Å². The third kappa shape index (κ3) is 3.27. The number of ether oxygens (including phenoxy) is 1. The van der Waals surface area contributed by atoms with Gasteiger partial charge in [0.1, 0.15) is 11.4 Å². The number of methoxy groups -OCH3 is 1. The van der Waals surface area contributed by atoms with E-state index in [-0.39, 0.29) is 6.54 Å². The summed E-state index contributed by atoms with van der Waals surface area (Å²) in [7, 11) is 1.58. The number of alkyl halides is 1. The summed E-state index contributed by atoms with van der Waals surface area (Å²) in [6, 6.07) is 7.32. The van der Waals surface area contributed by atoms with Crippen molar-refractivity contribution in [3.05, 3.63) is 29.3 Å². The Hall–Kier alpha value is -1.64. The van der Waals surface area contributed by atoms with Crippen LogP contribution in [-0.2, 0) is 6.54 Å². The molecular weight excluding hydrogens is 259 g/mol. The minimum absolute atomic E-state index is 0.212. The van der Waals surface area contributed by atoms with Gasteiger partial charge in [-0.25, -0.2) is 4.39 Å². The zero-order chi connectivity index (χ0) is 14.6. The zero-order valence-electron chi connectivity index (χ0n) is 11.6. The Labute approximate surface area is 118 Å². The van der Waals surface area contributed by atoms with Crippen LogP contribution in [0.1, 0.15) is 24.0 Å². The van der Waals surface area contributed by atoms with Gasteiger partial charge in [-0.1, -0.05) is 0 Å². The molecule has 1 aromatic carbocycles. The lowest BCUT2D eigenvalue weighted by Crippen LogP contribution is -2.47. The normalized spacial score (nSPS) is 23.3. The molecule has 5 heteroatoms. The molecule has 108 valence electrons. The molecule has 0 spiro atoms. The van der Waals surface area contributed by atoms with Crippen molar-refractivity contribution in [2.24, 2.45) is 0 Å². The Morgan fingerprint density at radius 1 is 1.55 bits per heavy atom. The average molecular weight is 278 g/mol. The summed E-state index contributed by atoms with van der Waals surface area (Å²) in [4.78, 5) is 1.96. The Morgan fingerprint density at radius 3 is 3.00 bits per heavy atom. The van der Waals surface area contributed by atoms with Crippen LogP contribution in [0, 0.1) is 11.3 Å². The van der Waals surface area contributed by atoms with Crippen LogP contribution in [0.5, 0.6) is 5.75 Å². The predicted molar refractivity (Wildman–Crippen MR) is 73.1 cm³/mol. The molecule has 1 aliphatic rings. The maximum Gasteiger partial charge on any atom is 0.146 e. The van der Waals surface area contributed by atoms with Gasteiger partial charge < -0.3 is 9.84 Å². The standard InChI is InChI=1S/C15H19FN2O2/c1-20-14-4-3-12(8-17)7-13(14)9-18-6-2-5-15(16,10-18)11-19/h3-4,7,19H,2,5-6,9-11H2,1H3. The van der Waals surface area contributed by atoms with E-state index in [2.05, 4.69) is 6.07 Å². The Kier molecular flexibility index (Phi) is 4.58. The monoisotopic (exact) mass is 278 g/mol. The van der Waals surface area contributed by atoms with Crippen LogP contribution >= 0.6 is 0 Å². The SMILES string of the molecule is COc1ccc(C#N)cc1CN1CCCC(F)(CO)C1. The number of rotatable bonds is 4. The van der Waals surface area contributed by atoms with E-state index in [9.17, 15) is 4.39 Å². The van der Waals surface area contributed by atoms with Gasteiger partial charge in [-0.05, 0) is 37.6 Å². The maximum atomic E-state index is 14.2. The number of aliphatic hydroxyl groups is 1. The second kappa shape index (κ2) is 6.21. The summed E-state index contributed by atoms with van der Waals surface area (Å²) in [6.45, 7) is 1.07. The molecule has 1 saturated heterocycles. The lowest BCUT2D eigenvalue weighted by Gasteiger charge is -2.36. The molecule has 0 amide bonds. The largest absolute Gasteiger partial charge is 0.496 e. The molecule has 1 heterocycles. The van der Waals surface area contributed by atoms with E-state index in [0.717, 1.165) is 18.5 Å². The molecule has 2 rings (SSSR count). The number of hydrogen-bond acceptors (Lipinski definition) is 4. The van der Waals surface area contributed by atoms with Crippen molar-refractivity contribution >= 4 is 0 Å². The van der Waals surface area contributed by atoms with Gasteiger partial charge in [0.15, 0.2) is 0 Å². The second-order valence-electron chi connectivity index (χ2n) is 5.26. The topological polar surface area (TPSA) is 56.5 Å². The highest BCUT2D eigenvalue weighted by Crippen LogP contribution is 2.28. The second-order valence-corrected chi connectivity index (χ2v) is 5.26. The number of aliphatic hydroxyl groups excluding tert-OH is 1. The number of likely N-dealkylation sites (tertiary alicyclic amines) is 1. The maximum absolute atomic E-state index is 14.2. The first-order chi connectivity index (χ1) is 9.60. The molecule has 4 nitrogen and oxygen atoms in total. The van der Waals surface area contributed by atoms with Gasteiger partial charge in [-0.15, -0.1) is 0 Å². The van der Waals surface area contributed by atoms with Crippen molar-refractivity contribution in [3.63, 3.8) is 0 Å². The summed E-state index contributed by atoms with van der Waals surface area (Å²) in [5.74, 6) is 0.697. The molecular formula is C15H19FN2O2. The van der Waals surface area contributed by atoms with E-state index < -0.39 is 12.3 Å². The van der Waals surface area contributed by atoms with Crippen LogP contribution in [0.25, 0.3) is 0 Å². The van der Waals surface area contributed by atoms with Gasteiger partial charge in [0.05, 0.1) is 25.3 Å². The van der Waals surface area contributed by atoms with Gasteiger partial charge >= 0.3 is 0 Å². The number of halogens is 1. The fraction of sp³-hybridized carbons (Fsp3) is 0.533. The fourth-order valence-corrected chi connectivity index (χ4v) is 2.65. The van der Waals surface area contributed by atoms with Gasteiger partial charge in [-0.2, -0.15) is 5.26 Å². The van der Waals surface area contributed by atoms with Gasteiger partial charge in [0, 0.05) is 18.7 Å². The molecule has 1 aliphatic heterocycles. The lowest BCUT2D eigenvalue weighted by molar-refractivity contribution is -0.00403. The minimum Gasteiger partial charge on any atom is -0.496 e. The van der Waals surface area contributed by atoms with Crippen LogP contribution in [-0.4, -0.2) is 42.5 Å². The fourth-order valence-electron chi connectivity index (χ4n) is 2.65. The number of nitrogens with zero attached hydrogens (tertiary/aromatic N) is 2. The van der Waals surface area contributed by atoms with E-state index in [0.29, 0.717) is 24.3 Å². The quantitative estimate of drug-likeness (QED) is 0.913. The molecule has 0 saturated carbocycles. The molecule has 20 heavy (non-hydrogen) atoms. The molecule has 1 atom stereocenters. The number of benzene rings is 1. The highest BCUT2D eigenvalue weighted by atomic mass is 19.1. The first-order valence-electron chi connectivity index (χ1n) is 6.69. The molecule has 1 N–H and O–H groups in total. The van der Waals surface area contributed by atoms with Crippen molar-refractivity contribution in [1.29, 1.82) is 5.26 Å². The molecule has 0 bridgehead atoms. The van der Waals surface area contributed by atoms with Crippen molar-refractivity contribution in [2.45, 2.75) is 25.1 Å². The van der Waals surface area contributed by atoms with Crippen LogP contribution in [0.3, 0.4) is 0 Å². The van der Waals surface area contributed by atoms with E-state index >= 15 is 0 Å². The zero-order valence-corrected chi connectivity index (χ0v) is 11.6. The average Bonchev–Trinajstić information content (AvgIpc) is 2.47. The van der Waals surface area contributed by atoms with E-state index in [1.165, 1.54) is 0 Å². The molecule has 1 unspecified atom stereocenters. The number of hydrogen-bond donors (Lipinski definition) is 1. The van der Waals surface area contributed by atoms with Crippen LogP contribution in [0.4, 0.5) is 4.39 Å². The molecule has 0 radical (unpaired) electrons. The van der Waals surface area contributed by atoms with Gasteiger partial charge in [0.25, 0.3) is 0 Å². The molecule has 0 aromatic heterocycles. The Balaban J connectivity index is 2.15. The molecule has 0 aliphatic carbocycles. The molecule has 1 fully saturated rings. The Morgan fingerprint density at radius 2 is 2.35 bits per heavy atom. The lowest BCUT2D eigenvalue weighted by atomic mass is 9.95. The van der Waals surface area contributed by atoms with Crippen molar-refractivity contribution in [3.8, 4) is 11.8 Å². The highest BCUT2D eigenvalue weighted by molar-refractivity contribution is 5.42. The van der Waals surface area contributed by atoms with Crippen molar-refractivity contribution < 1.29 is 14.2 Å². The van der Waals surface area contributed by atoms with Crippen LogP contribution in [0.15, 0.2) is 18.2 Å². The number of piperidine rings is 1. The Bertz CT molecular complexity index is 515. The van der Waals surface area contributed by atoms with E-state index in [4.69, 9.17) is 15.1 Å². The summed E-state index contributed by atoms with van der Waals surface area (Å²) in [6.07, 6.45) is 1.12. The number of nitriles is 1. The predicted octanol–water partition coefficient (Wildman–Crippen LogP) is 1.86. The smallest absolute Gasteiger partial charge is 0.146 e. The first kappa shape index (κ1) is 14.8. The minimum atomic E-state index is -1.52. The highest BCUT2D eigenvalue weighted by Gasteiger charge is 2.34. The summed E-state index contributed by atoms with van der Waals surface area (Å²) < 4.78 is 19.5. The van der Waals surface area contributed by atoms with Crippen LogP contribution in [0.2, 0.25) is 0 Å². The summed E-state index contributed by atoms with van der Waals surface area (Å²) >= 11 is 0.